The van der Waals surface area contributed by atoms with Gasteiger partial charge in [0, 0.05) is 15.1 Å². The third kappa shape index (κ3) is 4.19. The van der Waals surface area contributed by atoms with Gasteiger partial charge < -0.3 is 10.6 Å². The second-order valence-electron chi connectivity index (χ2n) is 5.05. The Kier molecular flexibility index (Phi) is 6.07. The van der Waals surface area contributed by atoms with Gasteiger partial charge in [-0.05, 0) is 76.4 Å². The lowest BCUT2D eigenvalue weighted by Crippen LogP contribution is -2.24. The van der Waals surface area contributed by atoms with Crippen LogP contribution in [-0.2, 0) is 6.54 Å². The van der Waals surface area contributed by atoms with Crippen LogP contribution in [0.2, 0.25) is 5.02 Å². The van der Waals surface area contributed by atoms with Crippen molar-refractivity contribution in [2.45, 2.75) is 12.6 Å². The first-order chi connectivity index (χ1) is 9.90. The Bertz CT molecular complexity index is 629. The monoisotopic (exact) mass is 482 g/mol. The molecule has 1 atom stereocenters. The summed E-state index contributed by atoms with van der Waals surface area (Å²) in [6, 6.07) is 5.50. The molecule has 0 radical (unpaired) electrons. The number of hydrogen-bond acceptors (Lipinski definition) is 3. The van der Waals surface area contributed by atoms with Gasteiger partial charge in [-0.2, -0.15) is 5.10 Å². The van der Waals surface area contributed by atoms with E-state index in [1.54, 1.807) is 6.20 Å². The summed E-state index contributed by atoms with van der Waals surface area (Å²) >= 11 is 11.9. The summed E-state index contributed by atoms with van der Waals surface area (Å²) in [5, 5.41) is 5.11. The van der Waals surface area contributed by atoms with Crippen LogP contribution in [0, 0.1) is 3.57 Å². The Hall–Kier alpha value is -0.150. The molecule has 21 heavy (non-hydrogen) atoms. The highest BCUT2D eigenvalue weighted by Gasteiger charge is 2.20. The van der Waals surface area contributed by atoms with Crippen molar-refractivity contribution in [3.63, 3.8) is 0 Å². The van der Waals surface area contributed by atoms with Gasteiger partial charge in [0.15, 0.2) is 0 Å². The molecule has 114 valence electrons. The Morgan fingerprint density at radius 2 is 2.19 bits per heavy atom. The van der Waals surface area contributed by atoms with Crippen LogP contribution >= 0.6 is 50.1 Å². The minimum Gasteiger partial charge on any atom is -0.319 e. The first-order valence-corrected chi connectivity index (χ1v) is 8.71. The van der Waals surface area contributed by atoms with Crippen molar-refractivity contribution in [1.29, 1.82) is 0 Å². The van der Waals surface area contributed by atoms with Gasteiger partial charge in [0.2, 0.25) is 0 Å². The molecule has 0 aliphatic carbocycles. The van der Waals surface area contributed by atoms with E-state index in [9.17, 15) is 0 Å². The van der Waals surface area contributed by atoms with Crippen molar-refractivity contribution in [3.8, 4) is 0 Å². The number of benzene rings is 1. The lowest BCUT2D eigenvalue weighted by molar-refractivity contribution is 0.368. The summed E-state index contributed by atoms with van der Waals surface area (Å²) < 4.78 is 3.97. The van der Waals surface area contributed by atoms with E-state index >= 15 is 0 Å². The maximum Gasteiger partial charge on any atom is 0.0745 e. The molecule has 0 bridgehead atoms. The second kappa shape index (κ2) is 7.41. The summed E-state index contributed by atoms with van der Waals surface area (Å²) in [6.07, 6.45) is 1.79. The van der Waals surface area contributed by atoms with Gasteiger partial charge in [0.25, 0.3) is 0 Å². The first-order valence-electron chi connectivity index (χ1n) is 6.46. The molecule has 0 saturated heterocycles. The Balaban J connectivity index is 2.36. The van der Waals surface area contributed by atoms with E-state index < -0.39 is 0 Å². The molecule has 2 rings (SSSR count). The van der Waals surface area contributed by atoms with Crippen molar-refractivity contribution in [1.82, 2.24) is 14.7 Å². The van der Waals surface area contributed by atoms with E-state index in [1.807, 2.05) is 37.0 Å². The van der Waals surface area contributed by atoms with Gasteiger partial charge in [-0.15, -0.1) is 0 Å². The van der Waals surface area contributed by atoms with Crippen molar-refractivity contribution in [3.05, 3.63) is 48.7 Å². The zero-order valence-corrected chi connectivity index (χ0v) is 16.4. The zero-order valence-electron chi connectivity index (χ0n) is 11.9. The number of rotatable bonds is 5. The third-order valence-corrected chi connectivity index (χ3v) is 5.01. The predicted molar refractivity (Wildman–Crippen MR) is 98.7 cm³/mol. The van der Waals surface area contributed by atoms with Gasteiger partial charge in [-0.1, -0.05) is 11.6 Å². The van der Waals surface area contributed by atoms with Gasteiger partial charge in [0.05, 0.1) is 29.0 Å². The fourth-order valence-corrected chi connectivity index (χ4v) is 3.45. The summed E-state index contributed by atoms with van der Waals surface area (Å²) in [4.78, 5) is 2.12. The summed E-state index contributed by atoms with van der Waals surface area (Å²) in [5.41, 5.74) is 8.45. The molecule has 0 saturated carbocycles. The molecule has 0 aliphatic rings. The quantitative estimate of drug-likeness (QED) is 0.663. The fourth-order valence-electron chi connectivity index (χ4n) is 2.05. The average molecular weight is 484 g/mol. The number of likely N-dealkylation sites (N-methyl/N-ethyl adjacent to an activating group) is 1. The number of aromatic nitrogens is 2. The Labute approximate surface area is 151 Å². The molecule has 2 aromatic rings. The van der Waals surface area contributed by atoms with Gasteiger partial charge in [0.1, 0.15) is 0 Å². The van der Waals surface area contributed by atoms with Crippen LogP contribution in [0.3, 0.4) is 0 Å². The SMILES string of the molecule is CN(C)CCn1ncc(Br)c1C(N)c1cc(Cl)ccc1I. The van der Waals surface area contributed by atoms with Crippen LogP contribution in [0.5, 0.6) is 0 Å². The van der Waals surface area contributed by atoms with Crippen LogP contribution in [-0.4, -0.2) is 35.3 Å². The van der Waals surface area contributed by atoms with E-state index in [2.05, 4.69) is 48.5 Å². The molecule has 1 heterocycles. The van der Waals surface area contributed by atoms with Crippen molar-refractivity contribution in [2.24, 2.45) is 5.73 Å². The number of halogens is 3. The van der Waals surface area contributed by atoms with Crippen LogP contribution in [0.1, 0.15) is 17.3 Å². The lowest BCUT2D eigenvalue weighted by Gasteiger charge is -2.18. The minimum atomic E-state index is -0.269. The molecule has 1 aromatic carbocycles. The van der Waals surface area contributed by atoms with E-state index in [0.717, 1.165) is 32.4 Å². The van der Waals surface area contributed by atoms with E-state index in [4.69, 9.17) is 17.3 Å². The molecule has 1 aromatic heterocycles. The molecule has 0 fully saturated rings. The first kappa shape index (κ1) is 17.2. The lowest BCUT2D eigenvalue weighted by atomic mass is 10.0. The summed E-state index contributed by atoms with van der Waals surface area (Å²) in [5.74, 6) is 0. The van der Waals surface area contributed by atoms with Crippen LogP contribution in [0.4, 0.5) is 0 Å². The number of nitrogens with zero attached hydrogens (tertiary/aromatic N) is 3. The van der Waals surface area contributed by atoms with Crippen LogP contribution in [0.15, 0.2) is 28.9 Å². The summed E-state index contributed by atoms with van der Waals surface area (Å²) in [7, 11) is 4.08. The predicted octanol–water partition coefficient (Wildman–Crippen LogP) is 3.51. The molecule has 2 N–H and O–H groups in total. The molecular formula is C14H17BrClIN4. The highest BCUT2D eigenvalue weighted by molar-refractivity contribution is 14.1. The van der Waals surface area contributed by atoms with Gasteiger partial charge >= 0.3 is 0 Å². The third-order valence-electron chi connectivity index (χ3n) is 3.18. The molecule has 1 unspecified atom stereocenters. The molecule has 0 aliphatic heterocycles. The smallest absolute Gasteiger partial charge is 0.0745 e. The highest BCUT2D eigenvalue weighted by Crippen LogP contribution is 2.31. The molecule has 0 amide bonds. The Morgan fingerprint density at radius 1 is 1.48 bits per heavy atom. The molecule has 0 spiro atoms. The van der Waals surface area contributed by atoms with Gasteiger partial charge in [-0.3, -0.25) is 4.68 Å². The zero-order chi connectivity index (χ0) is 15.6. The minimum absolute atomic E-state index is 0.269. The second-order valence-corrected chi connectivity index (χ2v) is 7.50. The topological polar surface area (TPSA) is 47.1 Å². The van der Waals surface area contributed by atoms with E-state index in [-0.39, 0.29) is 6.04 Å². The molecule has 7 heteroatoms. The normalized spacial score (nSPS) is 12.9. The van der Waals surface area contributed by atoms with E-state index in [1.165, 1.54) is 0 Å². The number of nitrogens with two attached hydrogens (primary N) is 1. The summed E-state index contributed by atoms with van der Waals surface area (Å²) in [6.45, 7) is 1.69. The van der Waals surface area contributed by atoms with Crippen molar-refractivity contribution in [2.75, 3.05) is 20.6 Å². The Morgan fingerprint density at radius 3 is 2.86 bits per heavy atom. The maximum atomic E-state index is 6.47. The van der Waals surface area contributed by atoms with E-state index in [0.29, 0.717) is 5.02 Å². The number of hydrogen-bond donors (Lipinski definition) is 1. The largest absolute Gasteiger partial charge is 0.319 e. The van der Waals surface area contributed by atoms with Crippen LogP contribution < -0.4 is 5.73 Å². The van der Waals surface area contributed by atoms with Crippen molar-refractivity contribution < 1.29 is 0 Å². The van der Waals surface area contributed by atoms with Crippen molar-refractivity contribution >= 4 is 50.1 Å². The average Bonchev–Trinajstić information content (AvgIpc) is 2.79. The maximum absolute atomic E-state index is 6.47. The highest BCUT2D eigenvalue weighted by atomic mass is 127. The standard InChI is InChI=1S/C14H17BrClIN4/c1-20(2)5-6-21-14(11(15)8-19-21)13(18)10-7-9(16)3-4-12(10)17/h3-4,7-8,13H,5-6,18H2,1-2H3. The molecule has 4 nitrogen and oxygen atoms in total. The van der Waals surface area contributed by atoms with Crippen LogP contribution in [0.25, 0.3) is 0 Å². The molecular weight excluding hydrogens is 466 g/mol. The fraction of sp³-hybridized carbons (Fsp3) is 0.357. The van der Waals surface area contributed by atoms with Gasteiger partial charge in [-0.25, -0.2) is 0 Å².